The van der Waals surface area contributed by atoms with E-state index in [1.54, 1.807) is 7.11 Å². The van der Waals surface area contributed by atoms with Crippen molar-refractivity contribution >= 4 is 0 Å². The summed E-state index contributed by atoms with van der Waals surface area (Å²) in [5.41, 5.74) is 3.45. The molecule has 110 valence electrons. The first-order valence-electron chi connectivity index (χ1n) is 7.05. The van der Waals surface area contributed by atoms with Crippen LogP contribution in [0.25, 0.3) is 0 Å². The first-order chi connectivity index (χ1) is 9.65. The molecule has 0 saturated heterocycles. The van der Waals surface area contributed by atoms with Crippen molar-refractivity contribution in [3.05, 3.63) is 16.7 Å². The van der Waals surface area contributed by atoms with Gasteiger partial charge in [-0.15, -0.1) is 0 Å². The van der Waals surface area contributed by atoms with Crippen molar-refractivity contribution in [2.45, 2.75) is 45.3 Å². The molecule has 0 aliphatic carbocycles. The van der Waals surface area contributed by atoms with Crippen LogP contribution in [0, 0.1) is 0 Å². The van der Waals surface area contributed by atoms with Crippen molar-refractivity contribution in [3.8, 4) is 17.2 Å². The lowest BCUT2D eigenvalue weighted by atomic mass is 9.95. The zero-order valence-corrected chi connectivity index (χ0v) is 12.2. The van der Waals surface area contributed by atoms with Crippen molar-refractivity contribution in [2.24, 2.45) is 5.90 Å². The van der Waals surface area contributed by atoms with Gasteiger partial charge in [0.1, 0.15) is 18.0 Å². The van der Waals surface area contributed by atoms with Crippen molar-refractivity contribution in [3.63, 3.8) is 0 Å². The molecule has 1 aromatic rings. The molecule has 0 saturated carbocycles. The summed E-state index contributed by atoms with van der Waals surface area (Å²) in [4.78, 5) is 4.75. The van der Waals surface area contributed by atoms with Crippen LogP contribution >= 0.6 is 0 Å². The Hall–Kier alpha value is -1.46. The summed E-state index contributed by atoms with van der Waals surface area (Å²) in [5.74, 6) is 7.84. The summed E-state index contributed by atoms with van der Waals surface area (Å²) in [5, 5.41) is 0. The topological polar surface area (TPSA) is 62.9 Å². The Morgan fingerprint density at radius 2 is 1.75 bits per heavy atom. The monoisotopic (exact) mass is 279 g/mol. The van der Waals surface area contributed by atoms with Gasteiger partial charge in [-0.25, -0.2) is 5.90 Å². The zero-order chi connectivity index (χ0) is 14.3. The van der Waals surface area contributed by atoms with Crippen LogP contribution in [0.1, 0.15) is 30.5 Å². The third-order valence-corrected chi connectivity index (χ3v) is 3.96. The highest BCUT2D eigenvalue weighted by molar-refractivity contribution is 5.66. The van der Waals surface area contributed by atoms with Gasteiger partial charge in [-0.05, 0) is 13.8 Å². The average molecular weight is 279 g/mol. The Bertz CT molecular complexity index is 490. The Morgan fingerprint density at radius 3 is 2.40 bits per heavy atom. The number of ether oxygens (including phenoxy) is 3. The first kappa shape index (κ1) is 13.5. The molecule has 5 heteroatoms. The van der Waals surface area contributed by atoms with E-state index in [2.05, 4.69) is 13.8 Å². The van der Waals surface area contributed by atoms with E-state index in [1.807, 2.05) is 0 Å². The molecule has 0 fully saturated rings. The van der Waals surface area contributed by atoms with Gasteiger partial charge >= 0.3 is 0 Å². The van der Waals surface area contributed by atoms with Gasteiger partial charge in [0.05, 0.1) is 13.7 Å². The minimum Gasteiger partial charge on any atom is -0.492 e. The summed E-state index contributed by atoms with van der Waals surface area (Å²) >= 11 is 0. The van der Waals surface area contributed by atoms with Crippen LogP contribution in [0.2, 0.25) is 0 Å². The standard InChI is InChI=1S/C15H21NO4/c1-8-6-11-10(4-5-18-16)13-12(7-9(2)19-13)14(17-3)15(11)20-8/h8-9H,4-7,16H2,1-3H3. The second-order valence-corrected chi connectivity index (χ2v) is 5.51. The molecule has 5 nitrogen and oxygen atoms in total. The van der Waals surface area contributed by atoms with E-state index in [0.29, 0.717) is 6.61 Å². The highest BCUT2D eigenvalue weighted by Gasteiger charge is 2.36. The Balaban J connectivity index is 2.14. The number of benzene rings is 1. The van der Waals surface area contributed by atoms with Crippen LogP contribution in [-0.4, -0.2) is 25.9 Å². The molecule has 2 N–H and O–H groups in total. The maximum absolute atomic E-state index is 6.01. The minimum absolute atomic E-state index is 0.163. The van der Waals surface area contributed by atoms with Gasteiger partial charge in [-0.2, -0.15) is 0 Å². The van der Waals surface area contributed by atoms with E-state index in [1.165, 1.54) is 5.56 Å². The molecule has 2 aliphatic heterocycles. The maximum Gasteiger partial charge on any atom is 0.168 e. The highest BCUT2D eigenvalue weighted by atomic mass is 16.6. The van der Waals surface area contributed by atoms with Crippen molar-refractivity contribution in [1.29, 1.82) is 0 Å². The fourth-order valence-corrected chi connectivity index (χ4v) is 3.20. The highest BCUT2D eigenvalue weighted by Crippen LogP contribution is 2.51. The molecule has 0 radical (unpaired) electrons. The van der Waals surface area contributed by atoms with E-state index in [-0.39, 0.29) is 12.2 Å². The van der Waals surface area contributed by atoms with E-state index in [4.69, 9.17) is 24.9 Å². The molecule has 0 aromatic heterocycles. The molecule has 2 aliphatic rings. The average Bonchev–Trinajstić information content (AvgIpc) is 2.96. The first-order valence-corrected chi connectivity index (χ1v) is 7.05. The quantitative estimate of drug-likeness (QED) is 0.851. The van der Waals surface area contributed by atoms with Crippen molar-refractivity contribution < 1.29 is 19.0 Å². The summed E-state index contributed by atoms with van der Waals surface area (Å²) in [7, 11) is 1.69. The Morgan fingerprint density at radius 1 is 1.10 bits per heavy atom. The summed E-state index contributed by atoms with van der Waals surface area (Å²) in [6, 6.07) is 0. The van der Waals surface area contributed by atoms with Crippen LogP contribution in [0.5, 0.6) is 17.2 Å². The van der Waals surface area contributed by atoms with Gasteiger partial charge < -0.3 is 19.0 Å². The Kier molecular flexibility index (Phi) is 3.48. The summed E-state index contributed by atoms with van der Waals surface area (Å²) < 4.78 is 17.6. The van der Waals surface area contributed by atoms with E-state index < -0.39 is 0 Å². The molecular weight excluding hydrogens is 258 g/mol. The molecule has 2 atom stereocenters. The fourth-order valence-electron chi connectivity index (χ4n) is 3.20. The molecule has 2 unspecified atom stereocenters. The van der Waals surface area contributed by atoms with Gasteiger partial charge in [0.2, 0.25) is 0 Å². The predicted molar refractivity (Wildman–Crippen MR) is 74.4 cm³/mol. The van der Waals surface area contributed by atoms with Crippen molar-refractivity contribution in [1.82, 2.24) is 0 Å². The van der Waals surface area contributed by atoms with Crippen LogP contribution < -0.4 is 20.1 Å². The van der Waals surface area contributed by atoms with Crippen LogP contribution in [-0.2, 0) is 24.1 Å². The molecule has 2 heterocycles. The molecule has 0 amide bonds. The molecular formula is C15H21NO4. The molecule has 20 heavy (non-hydrogen) atoms. The molecule has 0 bridgehead atoms. The van der Waals surface area contributed by atoms with Gasteiger partial charge in [-0.3, -0.25) is 0 Å². The lowest BCUT2D eigenvalue weighted by molar-refractivity contribution is 0.140. The minimum atomic E-state index is 0.163. The Labute approximate surface area is 118 Å². The smallest absolute Gasteiger partial charge is 0.168 e. The lowest BCUT2D eigenvalue weighted by Gasteiger charge is -2.16. The van der Waals surface area contributed by atoms with Gasteiger partial charge in [0, 0.05) is 36.0 Å². The number of methoxy groups -OCH3 is 1. The van der Waals surface area contributed by atoms with Crippen molar-refractivity contribution in [2.75, 3.05) is 13.7 Å². The molecule has 0 spiro atoms. The maximum atomic E-state index is 6.01. The SMILES string of the molecule is COc1c2c(c(CCON)c3c1OC(C)C3)OC(C)C2. The third kappa shape index (κ3) is 2.01. The van der Waals surface area contributed by atoms with Gasteiger partial charge in [0.15, 0.2) is 11.5 Å². The van der Waals surface area contributed by atoms with Crippen LogP contribution in [0.15, 0.2) is 0 Å². The normalized spacial score (nSPS) is 23.0. The van der Waals surface area contributed by atoms with Gasteiger partial charge in [0.25, 0.3) is 0 Å². The number of hydrogen-bond acceptors (Lipinski definition) is 5. The van der Waals surface area contributed by atoms with E-state index in [0.717, 1.165) is 47.6 Å². The predicted octanol–water partition coefficient (Wildman–Crippen LogP) is 1.77. The second-order valence-electron chi connectivity index (χ2n) is 5.51. The number of rotatable bonds is 4. The number of hydrogen-bond donors (Lipinski definition) is 1. The third-order valence-electron chi connectivity index (χ3n) is 3.96. The molecule has 1 aromatic carbocycles. The number of fused-ring (bicyclic) bond motifs is 2. The molecule has 3 rings (SSSR count). The van der Waals surface area contributed by atoms with Crippen LogP contribution in [0.4, 0.5) is 0 Å². The lowest BCUT2D eigenvalue weighted by Crippen LogP contribution is -2.09. The number of nitrogens with two attached hydrogens (primary N) is 1. The van der Waals surface area contributed by atoms with Crippen LogP contribution in [0.3, 0.4) is 0 Å². The zero-order valence-electron chi connectivity index (χ0n) is 12.2. The van der Waals surface area contributed by atoms with E-state index in [9.17, 15) is 0 Å². The fraction of sp³-hybridized carbons (Fsp3) is 0.600. The second kappa shape index (κ2) is 5.14. The van der Waals surface area contributed by atoms with Gasteiger partial charge in [-0.1, -0.05) is 0 Å². The summed E-state index contributed by atoms with van der Waals surface area (Å²) in [6.07, 6.45) is 2.78. The summed E-state index contributed by atoms with van der Waals surface area (Å²) in [6.45, 7) is 4.60. The largest absolute Gasteiger partial charge is 0.492 e. The van der Waals surface area contributed by atoms with E-state index >= 15 is 0 Å².